The van der Waals surface area contributed by atoms with E-state index in [4.69, 9.17) is 0 Å². The molecule has 156 valence electrons. The summed E-state index contributed by atoms with van der Waals surface area (Å²) in [6.07, 6.45) is 0. The lowest BCUT2D eigenvalue weighted by Gasteiger charge is -2.23. The largest absolute Gasteiger partial charge is 0.294 e. The van der Waals surface area contributed by atoms with Gasteiger partial charge in [-0.15, -0.1) is 0 Å². The maximum absolute atomic E-state index is 13.7. The van der Waals surface area contributed by atoms with E-state index in [9.17, 15) is 4.79 Å². The van der Waals surface area contributed by atoms with Crippen LogP contribution >= 0.6 is 0 Å². The van der Waals surface area contributed by atoms with Crippen molar-refractivity contribution >= 4 is 5.78 Å². The highest BCUT2D eigenvalue weighted by molar-refractivity contribution is 6.10. The first-order valence-electron chi connectivity index (χ1n) is 11.0. The average molecular weight is 399 g/mol. The van der Waals surface area contributed by atoms with Crippen LogP contribution in [0.25, 0.3) is 22.3 Å². The number of rotatable bonds is 5. The molecule has 1 nitrogen and oxygen atoms in total. The van der Waals surface area contributed by atoms with Crippen molar-refractivity contribution in [3.05, 3.63) is 83.4 Å². The van der Waals surface area contributed by atoms with Gasteiger partial charge in [0.15, 0.2) is 5.78 Å². The molecular formula is C29H34O. The van der Waals surface area contributed by atoms with Gasteiger partial charge in [-0.1, -0.05) is 115 Å². The van der Waals surface area contributed by atoms with E-state index in [0.717, 1.165) is 27.8 Å². The summed E-state index contributed by atoms with van der Waals surface area (Å²) in [5.74, 6) is 1.06. The molecule has 0 N–H and O–H groups in total. The second-order valence-corrected chi connectivity index (χ2v) is 9.87. The molecule has 0 spiro atoms. The molecule has 0 aliphatic heterocycles. The summed E-state index contributed by atoms with van der Waals surface area (Å²) in [4.78, 5) is 13.7. The van der Waals surface area contributed by atoms with Crippen LogP contribution in [0.3, 0.4) is 0 Å². The van der Waals surface area contributed by atoms with Crippen molar-refractivity contribution in [3.8, 4) is 22.3 Å². The smallest absolute Gasteiger partial charge is 0.169 e. The molecule has 0 bridgehead atoms. The fraction of sp³-hybridized carbons (Fsp3) is 0.345. The van der Waals surface area contributed by atoms with E-state index >= 15 is 0 Å². The molecule has 0 aromatic heterocycles. The Labute approximate surface area is 182 Å². The van der Waals surface area contributed by atoms with Gasteiger partial charge in [0.2, 0.25) is 0 Å². The van der Waals surface area contributed by atoms with Gasteiger partial charge >= 0.3 is 0 Å². The minimum Gasteiger partial charge on any atom is -0.294 e. The molecular weight excluding hydrogens is 364 g/mol. The molecule has 3 rings (SSSR count). The standard InChI is InChI=1S/C29H34O/c1-19(2)21-11-8-13-23(17-21)25-15-10-16-26(27(25)28(30)29(5,6)7)24-14-9-12-22(18-24)20(3)4/h8-20H,1-7H3. The third-order valence-electron chi connectivity index (χ3n) is 5.70. The Kier molecular flexibility index (Phi) is 6.31. The van der Waals surface area contributed by atoms with Crippen molar-refractivity contribution in [2.24, 2.45) is 5.41 Å². The van der Waals surface area contributed by atoms with E-state index in [1.165, 1.54) is 11.1 Å². The lowest BCUT2D eigenvalue weighted by molar-refractivity contribution is 0.0859. The minimum atomic E-state index is -0.462. The Morgan fingerprint density at radius 1 is 0.667 bits per heavy atom. The Morgan fingerprint density at radius 2 is 1.07 bits per heavy atom. The highest BCUT2D eigenvalue weighted by Gasteiger charge is 2.28. The highest BCUT2D eigenvalue weighted by Crippen LogP contribution is 2.38. The Balaban J connectivity index is 2.30. The van der Waals surface area contributed by atoms with E-state index in [1.807, 2.05) is 20.8 Å². The molecule has 0 saturated heterocycles. The molecule has 0 atom stereocenters. The van der Waals surface area contributed by atoms with Crippen molar-refractivity contribution < 1.29 is 4.79 Å². The predicted molar refractivity (Wildman–Crippen MR) is 129 cm³/mol. The van der Waals surface area contributed by atoms with Crippen LogP contribution < -0.4 is 0 Å². The monoisotopic (exact) mass is 398 g/mol. The van der Waals surface area contributed by atoms with Gasteiger partial charge in [0, 0.05) is 11.0 Å². The quantitative estimate of drug-likeness (QED) is 0.394. The van der Waals surface area contributed by atoms with Crippen LogP contribution in [0.15, 0.2) is 66.7 Å². The number of hydrogen-bond donors (Lipinski definition) is 0. The van der Waals surface area contributed by atoms with Crippen molar-refractivity contribution in [2.75, 3.05) is 0 Å². The maximum Gasteiger partial charge on any atom is 0.169 e. The lowest BCUT2D eigenvalue weighted by atomic mass is 9.79. The summed E-state index contributed by atoms with van der Waals surface area (Å²) in [5.41, 5.74) is 7.19. The Bertz CT molecular complexity index is 978. The molecule has 0 unspecified atom stereocenters. The molecule has 0 heterocycles. The van der Waals surface area contributed by atoms with E-state index in [1.54, 1.807) is 0 Å². The fourth-order valence-corrected chi connectivity index (χ4v) is 3.78. The normalized spacial score (nSPS) is 11.9. The molecule has 3 aromatic carbocycles. The zero-order valence-electron chi connectivity index (χ0n) is 19.4. The summed E-state index contributed by atoms with van der Waals surface area (Å²) < 4.78 is 0. The van der Waals surface area contributed by atoms with Gasteiger partial charge < -0.3 is 0 Å². The van der Waals surface area contributed by atoms with Gasteiger partial charge in [-0.2, -0.15) is 0 Å². The Hall–Kier alpha value is -2.67. The van der Waals surface area contributed by atoms with Crippen LogP contribution in [0, 0.1) is 5.41 Å². The highest BCUT2D eigenvalue weighted by atomic mass is 16.1. The first kappa shape index (κ1) is 22.0. The van der Waals surface area contributed by atoms with Gasteiger partial charge in [-0.05, 0) is 45.2 Å². The van der Waals surface area contributed by atoms with E-state index in [2.05, 4.69) is 94.4 Å². The molecule has 0 radical (unpaired) electrons. The summed E-state index contributed by atoms with van der Waals surface area (Å²) in [5, 5.41) is 0. The van der Waals surface area contributed by atoms with Gasteiger partial charge in [-0.25, -0.2) is 0 Å². The molecule has 0 saturated carbocycles. The van der Waals surface area contributed by atoms with E-state index in [-0.39, 0.29) is 5.78 Å². The maximum atomic E-state index is 13.7. The van der Waals surface area contributed by atoms with Crippen molar-refractivity contribution in [1.82, 2.24) is 0 Å². The van der Waals surface area contributed by atoms with Crippen LogP contribution in [0.4, 0.5) is 0 Å². The number of hydrogen-bond acceptors (Lipinski definition) is 1. The second-order valence-electron chi connectivity index (χ2n) is 9.87. The first-order valence-corrected chi connectivity index (χ1v) is 11.0. The van der Waals surface area contributed by atoms with Crippen LogP contribution in [0.5, 0.6) is 0 Å². The van der Waals surface area contributed by atoms with E-state index in [0.29, 0.717) is 11.8 Å². The third kappa shape index (κ3) is 4.56. The number of ketones is 1. The summed E-state index contributed by atoms with van der Waals surface area (Å²) in [6.45, 7) is 14.8. The van der Waals surface area contributed by atoms with Crippen molar-refractivity contribution in [3.63, 3.8) is 0 Å². The molecule has 0 aliphatic rings. The molecule has 30 heavy (non-hydrogen) atoms. The number of benzene rings is 3. The molecule has 0 amide bonds. The molecule has 0 aliphatic carbocycles. The molecule has 0 fully saturated rings. The predicted octanol–water partition coefficient (Wildman–Crippen LogP) is 8.50. The van der Waals surface area contributed by atoms with Crippen molar-refractivity contribution in [2.45, 2.75) is 60.3 Å². The average Bonchev–Trinajstić information content (AvgIpc) is 2.72. The van der Waals surface area contributed by atoms with Crippen LogP contribution in [-0.2, 0) is 0 Å². The first-order chi connectivity index (χ1) is 14.1. The number of carbonyl (C=O) groups is 1. The summed E-state index contributed by atoms with van der Waals surface area (Å²) in [6, 6.07) is 23.5. The number of Topliss-reactive ketones (excluding diaryl/α,β-unsaturated/α-hetero) is 1. The van der Waals surface area contributed by atoms with E-state index < -0.39 is 5.41 Å². The lowest BCUT2D eigenvalue weighted by Crippen LogP contribution is -2.22. The topological polar surface area (TPSA) is 17.1 Å². The third-order valence-corrected chi connectivity index (χ3v) is 5.70. The van der Waals surface area contributed by atoms with Crippen molar-refractivity contribution in [1.29, 1.82) is 0 Å². The molecule has 1 heteroatoms. The van der Waals surface area contributed by atoms with Gasteiger partial charge in [0.1, 0.15) is 0 Å². The fourth-order valence-electron chi connectivity index (χ4n) is 3.78. The SMILES string of the molecule is CC(C)c1cccc(-c2cccc(-c3cccc(C(C)C)c3)c2C(=O)C(C)(C)C)c1. The van der Waals surface area contributed by atoms with Gasteiger partial charge in [0.05, 0.1) is 0 Å². The number of carbonyl (C=O) groups excluding carboxylic acids is 1. The molecule has 3 aromatic rings. The minimum absolute atomic E-state index is 0.179. The second kappa shape index (κ2) is 8.60. The Morgan fingerprint density at radius 3 is 1.43 bits per heavy atom. The van der Waals surface area contributed by atoms with Gasteiger partial charge in [-0.3, -0.25) is 4.79 Å². The van der Waals surface area contributed by atoms with Gasteiger partial charge in [0.25, 0.3) is 0 Å². The van der Waals surface area contributed by atoms with Crippen LogP contribution in [0.2, 0.25) is 0 Å². The zero-order valence-corrected chi connectivity index (χ0v) is 19.4. The van der Waals surface area contributed by atoms with Crippen LogP contribution in [0.1, 0.15) is 81.8 Å². The summed E-state index contributed by atoms with van der Waals surface area (Å²) in [7, 11) is 0. The summed E-state index contributed by atoms with van der Waals surface area (Å²) >= 11 is 0. The van der Waals surface area contributed by atoms with Crippen LogP contribution in [-0.4, -0.2) is 5.78 Å². The zero-order chi connectivity index (χ0) is 22.1.